The van der Waals surface area contributed by atoms with E-state index in [0.29, 0.717) is 25.0 Å². The molecule has 3 aliphatic rings. The summed E-state index contributed by atoms with van der Waals surface area (Å²) in [5.41, 5.74) is 1.28. The number of nitrogens with zero attached hydrogens (tertiary/aromatic N) is 2. The molecule has 1 amide bonds. The second-order valence-corrected chi connectivity index (χ2v) is 7.85. The molecule has 1 aromatic rings. The minimum absolute atomic E-state index is 0.367. The fraction of sp³-hybridized carbons (Fsp3) is 0.667. The molecular formula is C21H30N2O3. The van der Waals surface area contributed by atoms with Gasteiger partial charge in [0.05, 0.1) is 0 Å². The summed E-state index contributed by atoms with van der Waals surface area (Å²) < 4.78 is 11.3. The summed E-state index contributed by atoms with van der Waals surface area (Å²) in [4.78, 5) is 16.9. The minimum atomic E-state index is 0.367. The normalized spacial score (nSPS) is 23.2. The maximum absolute atomic E-state index is 12.3. The van der Waals surface area contributed by atoms with Gasteiger partial charge in [0.15, 0.2) is 11.5 Å². The molecule has 2 fully saturated rings. The van der Waals surface area contributed by atoms with E-state index in [1.54, 1.807) is 0 Å². The van der Waals surface area contributed by atoms with Gasteiger partial charge in [0.2, 0.25) is 5.91 Å². The summed E-state index contributed by atoms with van der Waals surface area (Å²) >= 11 is 0. The van der Waals surface area contributed by atoms with Gasteiger partial charge in [-0.3, -0.25) is 9.69 Å². The van der Waals surface area contributed by atoms with Crippen LogP contribution in [-0.4, -0.2) is 55.1 Å². The van der Waals surface area contributed by atoms with E-state index < -0.39 is 0 Å². The molecule has 2 saturated heterocycles. The Morgan fingerprint density at radius 2 is 1.85 bits per heavy atom. The Labute approximate surface area is 156 Å². The Kier molecular flexibility index (Phi) is 5.63. The van der Waals surface area contributed by atoms with Crippen LogP contribution in [0.15, 0.2) is 18.2 Å². The number of likely N-dealkylation sites (tertiary alicyclic amines) is 2. The van der Waals surface area contributed by atoms with Crippen molar-refractivity contribution in [2.24, 2.45) is 5.92 Å². The van der Waals surface area contributed by atoms with Gasteiger partial charge in [0.25, 0.3) is 0 Å². The van der Waals surface area contributed by atoms with Crippen molar-refractivity contribution < 1.29 is 14.3 Å². The van der Waals surface area contributed by atoms with Crippen molar-refractivity contribution in [1.82, 2.24) is 9.80 Å². The first-order chi connectivity index (χ1) is 12.8. The predicted octanol–water partition coefficient (Wildman–Crippen LogP) is 3.07. The standard InChI is InChI=1S/C21H30N2O3/c24-21(23-10-1-2-11-23)8-6-17-4-3-9-22(15-17)16-18-5-7-19-20(14-18)26-13-12-25-19/h5,7,14,17H,1-4,6,8-13,15-16H2/t17-/m0/s1. The van der Waals surface area contributed by atoms with Gasteiger partial charge in [-0.15, -0.1) is 0 Å². The Bertz CT molecular complexity index is 628. The summed E-state index contributed by atoms with van der Waals surface area (Å²) in [5.74, 6) is 2.74. The van der Waals surface area contributed by atoms with Gasteiger partial charge in [-0.25, -0.2) is 0 Å². The highest BCUT2D eigenvalue weighted by atomic mass is 16.6. The molecule has 0 aromatic heterocycles. The van der Waals surface area contributed by atoms with Gasteiger partial charge in [-0.2, -0.15) is 0 Å². The first-order valence-electron chi connectivity index (χ1n) is 10.2. The third-order valence-electron chi connectivity index (χ3n) is 5.84. The molecule has 0 unspecified atom stereocenters. The smallest absolute Gasteiger partial charge is 0.222 e. The Morgan fingerprint density at radius 1 is 1.04 bits per heavy atom. The van der Waals surface area contributed by atoms with Crippen LogP contribution >= 0.6 is 0 Å². The summed E-state index contributed by atoms with van der Waals surface area (Å²) in [6, 6.07) is 6.29. The van der Waals surface area contributed by atoms with Crippen molar-refractivity contribution in [2.45, 2.75) is 45.1 Å². The molecule has 1 atom stereocenters. The van der Waals surface area contributed by atoms with Gasteiger partial charge >= 0.3 is 0 Å². The lowest BCUT2D eigenvalue weighted by Crippen LogP contribution is -2.36. The molecule has 0 spiro atoms. The fourth-order valence-electron chi connectivity index (χ4n) is 4.43. The topological polar surface area (TPSA) is 42.0 Å². The monoisotopic (exact) mass is 358 g/mol. The highest BCUT2D eigenvalue weighted by molar-refractivity contribution is 5.76. The first-order valence-corrected chi connectivity index (χ1v) is 10.2. The number of rotatable bonds is 5. The molecule has 0 N–H and O–H groups in total. The molecule has 3 aliphatic heterocycles. The van der Waals surface area contributed by atoms with Crippen molar-refractivity contribution in [2.75, 3.05) is 39.4 Å². The van der Waals surface area contributed by atoms with E-state index in [9.17, 15) is 4.79 Å². The van der Waals surface area contributed by atoms with Crippen LogP contribution < -0.4 is 9.47 Å². The van der Waals surface area contributed by atoms with E-state index in [-0.39, 0.29) is 0 Å². The van der Waals surface area contributed by atoms with E-state index in [4.69, 9.17) is 9.47 Å². The quantitative estimate of drug-likeness (QED) is 0.811. The molecule has 5 heteroatoms. The number of fused-ring (bicyclic) bond motifs is 1. The summed E-state index contributed by atoms with van der Waals surface area (Å²) in [7, 11) is 0. The van der Waals surface area contributed by atoms with Gasteiger partial charge in [-0.1, -0.05) is 6.07 Å². The van der Waals surface area contributed by atoms with E-state index in [0.717, 1.165) is 57.1 Å². The Morgan fingerprint density at radius 3 is 2.69 bits per heavy atom. The van der Waals surface area contributed by atoms with Crippen LogP contribution in [0.1, 0.15) is 44.1 Å². The molecule has 0 saturated carbocycles. The second-order valence-electron chi connectivity index (χ2n) is 7.85. The van der Waals surface area contributed by atoms with Gasteiger partial charge in [0, 0.05) is 32.6 Å². The lowest BCUT2D eigenvalue weighted by atomic mass is 9.93. The van der Waals surface area contributed by atoms with Gasteiger partial charge < -0.3 is 14.4 Å². The van der Waals surface area contributed by atoms with Crippen molar-refractivity contribution in [3.63, 3.8) is 0 Å². The average molecular weight is 358 g/mol. The van der Waals surface area contributed by atoms with Crippen molar-refractivity contribution >= 4 is 5.91 Å². The largest absolute Gasteiger partial charge is 0.486 e. The fourth-order valence-corrected chi connectivity index (χ4v) is 4.43. The van der Waals surface area contributed by atoms with E-state index in [1.165, 1.54) is 31.2 Å². The number of benzene rings is 1. The summed E-state index contributed by atoms with van der Waals surface area (Å²) in [6.45, 7) is 6.41. The van der Waals surface area contributed by atoms with Crippen LogP contribution in [0.3, 0.4) is 0 Å². The molecule has 0 bridgehead atoms. The number of hydrogen-bond donors (Lipinski definition) is 0. The van der Waals surface area contributed by atoms with Crippen LogP contribution in [0.5, 0.6) is 11.5 Å². The maximum Gasteiger partial charge on any atom is 0.222 e. The van der Waals surface area contributed by atoms with Crippen molar-refractivity contribution in [1.29, 1.82) is 0 Å². The third-order valence-corrected chi connectivity index (χ3v) is 5.84. The van der Waals surface area contributed by atoms with Crippen LogP contribution in [0.25, 0.3) is 0 Å². The molecule has 3 heterocycles. The molecule has 4 rings (SSSR count). The predicted molar refractivity (Wildman–Crippen MR) is 100 cm³/mol. The number of carbonyl (C=O) groups excluding carboxylic acids is 1. The van der Waals surface area contributed by atoms with Crippen LogP contribution in [-0.2, 0) is 11.3 Å². The van der Waals surface area contributed by atoms with E-state index in [1.807, 2.05) is 6.07 Å². The average Bonchev–Trinajstić information content (AvgIpc) is 3.21. The highest BCUT2D eigenvalue weighted by Crippen LogP contribution is 2.32. The molecule has 0 radical (unpaired) electrons. The van der Waals surface area contributed by atoms with Crippen molar-refractivity contribution in [3.05, 3.63) is 23.8 Å². The highest BCUT2D eigenvalue weighted by Gasteiger charge is 2.23. The van der Waals surface area contributed by atoms with Crippen LogP contribution in [0.2, 0.25) is 0 Å². The minimum Gasteiger partial charge on any atom is -0.486 e. The Hall–Kier alpha value is -1.75. The number of piperidine rings is 1. The zero-order valence-electron chi connectivity index (χ0n) is 15.6. The third kappa shape index (κ3) is 4.32. The summed E-state index contributed by atoms with van der Waals surface area (Å²) in [6.07, 6.45) is 6.60. The van der Waals surface area contributed by atoms with Gasteiger partial charge in [0.1, 0.15) is 13.2 Å². The van der Waals surface area contributed by atoms with Gasteiger partial charge in [-0.05, 0) is 62.3 Å². The lowest BCUT2D eigenvalue weighted by molar-refractivity contribution is -0.130. The van der Waals surface area contributed by atoms with E-state index >= 15 is 0 Å². The lowest BCUT2D eigenvalue weighted by Gasteiger charge is -2.33. The number of carbonyl (C=O) groups is 1. The molecule has 26 heavy (non-hydrogen) atoms. The molecule has 142 valence electrons. The maximum atomic E-state index is 12.3. The SMILES string of the molecule is O=C(CC[C@@H]1CCCN(Cc2ccc3c(c2)OCCO3)C1)N1CCCC1. The first kappa shape index (κ1) is 17.7. The zero-order valence-corrected chi connectivity index (χ0v) is 15.6. The Balaban J connectivity index is 1.27. The molecular weight excluding hydrogens is 328 g/mol. The zero-order chi connectivity index (χ0) is 17.8. The number of ether oxygens (including phenoxy) is 2. The number of amides is 1. The molecule has 5 nitrogen and oxygen atoms in total. The van der Waals surface area contributed by atoms with Crippen molar-refractivity contribution in [3.8, 4) is 11.5 Å². The molecule has 0 aliphatic carbocycles. The summed E-state index contributed by atoms with van der Waals surface area (Å²) in [5, 5.41) is 0. The molecule has 1 aromatic carbocycles. The number of hydrogen-bond acceptors (Lipinski definition) is 4. The van der Waals surface area contributed by atoms with Crippen LogP contribution in [0.4, 0.5) is 0 Å². The van der Waals surface area contributed by atoms with E-state index in [2.05, 4.69) is 21.9 Å². The van der Waals surface area contributed by atoms with Crippen LogP contribution in [0, 0.1) is 5.92 Å². The second kappa shape index (κ2) is 8.30.